The van der Waals surface area contributed by atoms with Crippen molar-refractivity contribution in [1.82, 2.24) is 4.90 Å². The summed E-state index contributed by atoms with van der Waals surface area (Å²) in [5, 5.41) is 10.8. The van der Waals surface area contributed by atoms with Gasteiger partial charge in [-0.3, -0.25) is 9.59 Å². The first-order valence-corrected chi connectivity index (χ1v) is 9.14. The van der Waals surface area contributed by atoms with E-state index < -0.39 is 23.5 Å². The molecule has 1 aliphatic heterocycles. The second kappa shape index (κ2) is 8.16. The van der Waals surface area contributed by atoms with Crippen molar-refractivity contribution in [3.05, 3.63) is 77.1 Å². The molecule has 1 unspecified atom stereocenters. The second-order valence-corrected chi connectivity index (χ2v) is 6.62. The lowest BCUT2D eigenvalue weighted by atomic mass is 9.95. The molecule has 0 aromatic heterocycles. The average Bonchev–Trinajstić information content (AvgIpc) is 2.94. The topological polar surface area (TPSA) is 57.6 Å². The predicted octanol–water partition coefficient (Wildman–Crippen LogP) is 4.44. The molecule has 1 aliphatic rings. The summed E-state index contributed by atoms with van der Waals surface area (Å²) in [6, 6.07) is 13.6. The Bertz CT molecular complexity index is 859. The number of halogens is 1. The number of Topliss-reactive ketones (excluding diaryl/α,β-unsaturated/α-hetero) is 1. The molecule has 1 saturated heterocycles. The monoisotopic (exact) mass is 367 g/mol. The third kappa shape index (κ3) is 3.77. The van der Waals surface area contributed by atoms with Crippen LogP contribution in [0.15, 0.2) is 60.2 Å². The quantitative estimate of drug-likeness (QED) is 0.355. The van der Waals surface area contributed by atoms with Gasteiger partial charge in [-0.1, -0.05) is 62.2 Å². The van der Waals surface area contributed by atoms with Gasteiger partial charge in [-0.15, -0.1) is 0 Å². The van der Waals surface area contributed by atoms with Crippen molar-refractivity contribution < 1.29 is 19.1 Å². The Balaban J connectivity index is 2.10. The summed E-state index contributed by atoms with van der Waals surface area (Å²) in [4.78, 5) is 26.9. The third-order valence-electron chi connectivity index (χ3n) is 4.78. The summed E-state index contributed by atoms with van der Waals surface area (Å²) in [7, 11) is 0. The molecule has 3 rings (SSSR count). The van der Waals surface area contributed by atoms with Crippen molar-refractivity contribution >= 4 is 17.4 Å². The number of nitrogens with zero attached hydrogens (tertiary/aromatic N) is 1. The summed E-state index contributed by atoms with van der Waals surface area (Å²) in [5.74, 6) is -1.94. The van der Waals surface area contributed by atoms with Crippen LogP contribution in [0.4, 0.5) is 4.39 Å². The molecular weight excluding hydrogens is 345 g/mol. The smallest absolute Gasteiger partial charge is 0.295 e. The summed E-state index contributed by atoms with van der Waals surface area (Å²) < 4.78 is 13.4. The van der Waals surface area contributed by atoms with E-state index in [1.54, 1.807) is 42.5 Å². The van der Waals surface area contributed by atoms with Crippen molar-refractivity contribution in [1.29, 1.82) is 0 Å². The number of hydrogen-bond acceptors (Lipinski definition) is 3. The van der Waals surface area contributed by atoms with E-state index in [1.807, 2.05) is 0 Å². The maximum Gasteiger partial charge on any atom is 0.295 e. The number of amides is 1. The number of rotatable bonds is 6. The molecule has 0 saturated carbocycles. The molecule has 4 nitrogen and oxygen atoms in total. The fourth-order valence-electron chi connectivity index (χ4n) is 3.39. The van der Waals surface area contributed by atoms with Crippen molar-refractivity contribution in [2.75, 3.05) is 6.54 Å². The van der Waals surface area contributed by atoms with E-state index in [9.17, 15) is 19.1 Å². The van der Waals surface area contributed by atoms with E-state index in [0.717, 1.165) is 19.3 Å². The third-order valence-corrected chi connectivity index (χ3v) is 4.78. The predicted molar refractivity (Wildman–Crippen MR) is 101 cm³/mol. The van der Waals surface area contributed by atoms with E-state index in [1.165, 1.54) is 17.0 Å². The van der Waals surface area contributed by atoms with Crippen molar-refractivity contribution in [3.8, 4) is 0 Å². The minimum Gasteiger partial charge on any atom is -0.507 e. The number of benzene rings is 2. The Morgan fingerprint density at radius 3 is 2.33 bits per heavy atom. The highest BCUT2D eigenvalue weighted by Gasteiger charge is 2.45. The molecule has 0 spiro atoms. The molecule has 2 aromatic carbocycles. The van der Waals surface area contributed by atoms with Gasteiger partial charge in [0.05, 0.1) is 11.6 Å². The minimum atomic E-state index is -0.720. The van der Waals surface area contributed by atoms with Crippen LogP contribution in [-0.4, -0.2) is 28.2 Å². The molecular formula is C22H22FNO3. The van der Waals surface area contributed by atoms with Gasteiger partial charge in [-0.25, -0.2) is 4.39 Å². The standard InChI is InChI=1S/C22H22FNO3/c1-2-3-7-14-24-19(15-10-12-17(23)13-11-15)18(21(26)22(24)27)20(25)16-8-5-4-6-9-16/h4-6,8-13,19,25H,2-3,7,14H2,1H3/b20-18-. The van der Waals surface area contributed by atoms with E-state index in [2.05, 4.69) is 6.92 Å². The van der Waals surface area contributed by atoms with Crippen LogP contribution in [-0.2, 0) is 9.59 Å². The van der Waals surface area contributed by atoms with Crippen molar-refractivity contribution in [2.24, 2.45) is 0 Å². The fourth-order valence-corrected chi connectivity index (χ4v) is 3.39. The zero-order chi connectivity index (χ0) is 19.4. The zero-order valence-electron chi connectivity index (χ0n) is 15.2. The Morgan fingerprint density at radius 1 is 1.04 bits per heavy atom. The highest BCUT2D eigenvalue weighted by Crippen LogP contribution is 2.39. The maximum atomic E-state index is 13.4. The van der Waals surface area contributed by atoms with Gasteiger partial charge in [0.25, 0.3) is 11.7 Å². The first-order valence-electron chi connectivity index (χ1n) is 9.14. The van der Waals surface area contributed by atoms with Crippen LogP contribution in [0.3, 0.4) is 0 Å². The van der Waals surface area contributed by atoms with E-state index in [-0.39, 0.29) is 11.3 Å². The SMILES string of the molecule is CCCCCN1C(=O)C(=O)/C(=C(\O)c2ccccc2)C1c1ccc(F)cc1. The highest BCUT2D eigenvalue weighted by molar-refractivity contribution is 6.46. The lowest BCUT2D eigenvalue weighted by molar-refractivity contribution is -0.139. The molecule has 2 aromatic rings. The normalized spacial score (nSPS) is 18.9. The number of hydrogen-bond donors (Lipinski definition) is 1. The zero-order valence-corrected chi connectivity index (χ0v) is 15.2. The van der Waals surface area contributed by atoms with E-state index in [4.69, 9.17) is 0 Å². The highest BCUT2D eigenvalue weighted by atomic mass is 19.1. The molecule has 5 heteroatoms. The van der Waals surface area contributed by atoms with Gasteiger partial charge in [-0.05, 0) is 24.1 Å². The molecule has 1 fully saturated rings. The van der Waals surface area contributed by atoms with Crippen LogP contribution in [0.2, 0.25) is 0 Å². The largest absolute Gasteiger partial charge is 0.507 e. The lowest BCUT2D eigenvalue weighted by Crippen LogP contribution is -2.30. The van der Waals surface area contributed by atoms with E-state index in [0.29, 0.717) is 17.7 Å². The van der Waals surface area contributed by atoms with Crippen molar-refractivity contribution in [2.45, 2.75) is 32.2 Å². The molecule has 1 N–H and O–H groups in total. The van der Waals surface area contributed by atoms with Gasteiger partial charge in [0, 0.05) is 12.1 Å². The minimum absolute atomic E-state index is 0.0503. The number of ketones is 1. The summed E-state index contributed by atoms with van der Waals surface area (Å²) >= 11 is 0. The lowest BCUT2D eigenvalue weighted by Gasteiger charge is -2.25. The van der Waals surface area contributed by atoms with Crippen molar-refractivity contribution in [3.63, 3.8) is 0 Å². The van der Waals surface area contributed by atoms with Crippen LogP contribution in [0.25, 0.3) is 5.76 Å². The average molecular weight is 367 g/mol. The van der Waals surface area contributed by atoms with Crippen LogP contribution in [0.1, 0.15) is 43.4 Å². The number of carbonyl (C=O) groups is 2. The molecule has 27 heavy (non-hydrogen) atoms. The molecule has 140 valence electrons. The van der Waals surface area contributed by atoms with Crippen LogP contribution >= 0.6 is 0 Å². The van der Waals surface area contributed by atoms with Gasteiger partial charge in [-0.2, -0.15) is 0 Å². The number of unbranched alkanes of at least 4 members (excludes halogenated alkanes) is 2. The van der Waals surface area contributed by atoms with Gasteiger partial charge in [0.1, 0.15) is 11.6 Å². The Labute approximate surface area is 157 Å². The molecule has 0 aliphatic carbocycles. The Hall–Kier alpha value is -2.95. The number of likely N-dealkylation sites (tertiary alicyclic amines) is 1. The first-order chi connectivity index (χ1) is 13.0. The Morgan fingerprint density at radius 2 is 1.70 bits per heavy atom. The number of aliphatic hydroxyl groups excluding tert-OH is 1. The van der Waals surface area contributed by atoms with Gasteiger partial charge in [0.2, 0.25) is 0 Å². The second-order valence-electron chi connectivity index (χ2n) is 6.62. The molecule has 0 bridgehead atoms. The molecule has 1 heterocycles. The number of carbonyl (C=O) groups excluding carboxylic acids is 2. The Kier molecular flexibility index (Phi) is 5.69. The number of aliphatic hydroxyl groups is 1. The van der Waals surface area contributed by atoms with Crippen LogP contribution < -0.4 is 0 Å². The molecule has 0 radical (unpaired) electrons. The van der Waals surface area contributed by atoms with Crippen LogP contribution in [0.5, 0.6) is 0 Å². The fraction of sp³-hybridized carbons (Fsp3) is 0.273. The molecule has 1 atom stereocenters. The van der Waals surface area contributed by atoms with Gasteiger partial charge < -0.3 is 10.0 Å². The summed E-state index contributed by atoms with van der Waals surface area (Å²) in [6.07, 6.45) is 2.67. The summed E-state index contributed by atoms with van der Waals surface area (Å²) in [6.45, 7) is 2.47. The summed E-state index contributed by atoms with van der Waals surface area (Å²) in [5.41, 5.74) is 1.12. The van der Waals surface area contributed by atoms with Crippen LogP contribution in [0, 0.1) is 5.82 Å². The molecule has 1 amide bonds. The van der Waals surface area contributed by atoms with E-state index >= 15 is 0 Å². The van der Waals surface area contributed by atoms with Gasteiger partial charge in [0.15, 0.2) is 0 Å². The van der Waals surface area contributed by atoms with Gasteiger partial charge >= 0.3 is 0 Å². The first kappa shape index (κ1) is 18.8. The maximum absolute atomic E-state index is 13.4.